The average molecular weight is 606 g/mol. The molecule has 0 amide bonds. The van der Waals surface area contributed by atoms with Gasteiger partial charge in [0.25, 0.3) is 0 Å². The van der Waals surface area contributed by atoms with Gasteiger partial charge in [-0.05, 0) is 51.4 Å². The predicted octanol–water partition coefficient (Wildman–Crippen LogP) is 8.25. The molecule has 217 valence electrons. The monoisotopic (exact) mass is 604 g/mol. The fourth-order valence-electron chi connectivity index (χ4n) is 5.58. The Bertz CT molecular complexity index is 294. The number of unbranched alkanes of at least 4 members (excludes halogenated alkanes) is 20. The summed E-state index contributed by atoms with van der Waals surface area (Å²) in [6.07, 6.45) is 34.8. The Kier molecular flexibility index (Phi) is 38.1. The van der Waals surface area contributed by atoms with Crippen molar-refractivity contribution in [3.8, 4) is 0 Å². The van der Waals surface area contributed by atoms with E-state index in [4.69, 9.17) is 0 Å². The van der Waals surface area contributed by atoms with Crippen LogP contribution in [0, 0.1) is 0 Å². The van der Waals surface area contributed by atoms with Crippen molar-refractivity contribution < 1.29 is 38.2 Å². The smallest absolute Gasteiger partial charge is 0.0786 e. The molecule has 0 aromatic carbocycles. The van der Waals surface area contributed by atoms with Gasteiger partial charge in [0.05, 0.1) is 26.2 Å². The van der Waals surface area contributed by atoms with Gasteiger partial charge in [-0.15, -0.1) is 0 Å². The molecule has 0 atom stereocenters. The summed E-state index contributed by atoms with van der Waals surface area (Å²) in [6, 6.07) is 0. The van der Waals surface area contributed by atoms with Crippen LogP contribution in [0.5, 0.6) is 0 Å². The Balaban J connectivity index is -0.00000512. The van der Waals surface area contributed by atoms with E-state index in [0.29, 0.717) is 0 Å². The van der Waals surface area contributed by atoms with E-state index < -0.39 is 0 Å². The van der Waals surface area contributed by atoms with Gasteiger partial charge in [0.1, 0.15) is 0 Å². The van der Waals surface area contributed by atoms with E-state index in [-0.39, 0.29) is 33.8 Å². The molecule has 0 saturated heterocycles. The zero-order chi connectivity index (χ0) is 24.3. The number of halogens is 1. The van der Waals surface area contributed by atoms with E-state index in [9.17, 15) is 0 Å². The first kappa shape index (κ1) is 40.4. The molecule has 0 heterocycles. The molecule has 3 heteroatoms. The first-order valence-electron chi connectivity index (χ1n) is 16.1. The second-order valence-corrected chi connectivity index (χ2v) is 11.3. The SMILES string of the molecule is CCCCCCCC[N+](CCCCCCCC)(CCCCCCCC)CCCCCCCC.[Br-].[Co]. The van der Waals surface area contributed by atoms with Gasteiger partial charge in [0.2, 0.25) is 0 Å². The zero-order valence-electron chi connectivity index (χ0n) is 25.0. The van der Waals surface area contributed by atoms with Crippen LogP contribution in [-0.4, -0.2) is 30.7 Å². The largest absolute Gasteiger partial charge is 1.00 e. The first-order valence-corrected chi connectivity index (χ1v) is 16.1. The molecule has 0 spiro atoms. The molecule has 0 N–H and O–H groups in total. The molecule has 0 fully saturated rings. The van der Waals surface area contributed by atoms with Crippen LogP contribution in [0.4, 0.5) is 0 Å². The Morgan fingerprint density at radius 1 is 0.286 bits per heavy atom. The fraction of sp³-hybridized carbons (Fsp3) is 1.00. The van der Waals surface area contributed by atoms with E-state index in [1.165, 1.54) is 185 Å². The Morgan fingerprint density at radius 2 is 0.457 bits per heavy atom. The third kappa shape index (κ3) is 27.8. The molecular weight excluding hydrogens is 537 g/mol. The van der Waals surface area contributed by atoms with Gasteiger partial charge in [0.15, 0.2) is 0 Å². The minimum Gasteiger partial charge on any atom is -1.00 e. The van der Waals surface area contributed by atoms with E-state index in [2.05, 4.69) is 27.7 Å². The van der Waals surface area contributed by atoms with Crippen molar-refractivity contribution in [2.45, 2.75) is 182 Å². The summed E-state index contributed by atoms with van der Waals surface area (Å²) in [5.41, 5.74) is 0. The van der Waals surface area contributed by atoms with E-state index in [0.717, 1.165) is 0 Å². The second kappa shape index (κ2) is 33.0. The van der Waals surface area contributed by atoms with Crippen molar-refractivity contribution in [1.29, 1.82) is 0 Å². The van der Waals surface area contributed by atoms with Crippen molar-refractivity contribution >= 4 is 0 Å². The van der Waals surface area contributed by atoms with Gasteiger partial charge < -0.3 is 21.5 Å². The van der Waals surface area contributed by atoms with Crippen molar-refractivity contribution in [3.63, 3.8) is 0 Å². The van der Waals surface area contributed by atoms with Crippen molar-refractivity contribution in [2.75, 3.05) is 26.2 Å². The van der Waals surface area contributed by atoms with Crippen LogP contribution in [-0.2, 0) is 16.8 Å². The van der Waals surface area contributed by atoms with E-state index in [1.807, 2.05) is 0 Å². The van der Waals surface area contributed by atoms with Crippen LogP contribution in [0.2, 0.25) is 0 Å². The van der Waals surface area contributed by atoms with Crippen molar-refractivity contribution in [2.24, 2.45) is 0 Å². The number of hydrogen-bond acceptors (Lipinski definition) is 0. The summed E-state index contributed by atoms with van der Waals surface area (Å²) in [5, 5.41) is 0. The maximum atomic E-state index is 2.34. The normalized spacial score (nSPS) is 11.3. The van der Waals surface area contributed by atoms with Crippen LogP contribution in [0.1, 0.15) is 182 Å². The summed E-state index contributed by atoms with van der Waals surface area (Å²) in [4.78, 5) is 0. The van der Waals surface area contributed by atoms with Gasteiger partial charge in [-0.1, -0.05) is 130 Å². The van der Waals surface area contributed by atoms with Crippen LogP contribution < -0.4 is 17.0 Å². The van der Waals surface area contributed by atoms with E-state index >= 15 is 0 Å². The summed E-state index contributed by atoms with van der Waals surface area (Å²) in [7, 11) is 0. The maximum Gasteiger partial charge on any atom is 0.0786 e. The quantitative estimate of drug-likeness (QED) is 0.0623. The maximum absolute atomic E-state index is 2.34. The standard InChI is InChI=1S/C32H68N.BrH.Co/c1-5-9-13-17-21-25-29-33(30-26-22-18-14-10-6-2,31-27-23-19-15-11-7-3)32-28-24-20-16-12-8-4;;/h5-32H2,1-4H3;1H;/q+1;;/p-1. The number of hydrogen-bond donors (Lipinski definition) is 0. The molecular formula is C32H68BrCoN. The minimum atomic E-state index is 0. The number of nitrogens with zero attached hydrogens (tertiary/aromatic N) is 1. The summed E-state index contributed by atoms with van der Waals surface area (Å²) in [5.74, 6) is 0. The van der Waals surface area contributed by atoms with Crippen molar-refractivity contribution in [1.82, 2.24) is 0 Å². The zero-order valence-corrected chi connectivity index (χ0v) is 27.6. The molecule has 1 radical (unpaired) electrons. The molecule has 0 unspecified atom stereocenters. The molecule has 0 rings (SSSR count). The van der Waals surface area contributed by atoms with Crippen molar-refractivity contribution in [3.05, 3.63) is 0 Å². The van der Waals surface area contributed by atoms with Gasteiger partial charge in [-0.25, -0.2) is 0 Å². The molecule has 0 aliphatic heterocycles. The molecule has 0 aromatic heterocycles. The number of rotatable bonds is 28. The van der Waals surface area contributed by atoms with Gasteiger partial charge in [-0.3, -0.25) is 0 Å². The van der Waals surface area contributed by atoms with Crippen LogP contribution >= 0.6 is 0 Å². The minimum absolute atomic E-state index is 0. The summed E-state index contributed by atoms with van der Waals surface area (Å²) in [6.45, 7) is 15.3. The predicted molar refractivity (Wildman–Crippen MR) is 153 cm³/mol. The Labute approximate surface area is 245 Å². The van der Waals surface area contributed by atoms with Crippen LogP contribution in [0.25, 0.3) is 0 Å². The third-order valence-electron chi connectivity index (χ3n) is 7.94. The molecule has 0 saturated carbocycles. The van der Waals surface area contributed by atoms with Crippen LogP contribution in [0.15, 0.2) is 0 Å². The molecule has 0 aliphatic rings. The van der Waals surface area contributed by atoms with Gasteiger partial charge in [0, 0.05) is 16.8 Å². The molecule has 0 aliphatic carbocycles. The van der Waals surface area contributed by atoms with Gasteiger partial charge >= 0.3 is 0 Å². The summed E-state index contributed by atoms with van der Waals surface area (Å²) >= 11 is 0. The fourth-order valence-corrected chi connectivity index (χ4v) is 5.58. The third-order valence-corrected chi connectivity index (χ3v) is 7.94. The average Bonchev–Trinajstić information content (AvgIpc) is 2.83. The number of quaternary nitrogens is 1. The van der Waals surface area contributed by atoms with Gasteiger partial charge in [-0.2, -0.15) is 0 Å². The molecule has 0 aromatic rings. The van der Waals surface area contributed by atoms with Crippen LogP contribution in [0.3, 0.4) is 0 Å². The van der Waals surface area contributed by atoms with E-state index in [1.54, 1.807) is 0 Å². The molecule has 1 nitrogen and oxygen atoms in total. The Hall–Kier alpha value is 0.946. The molecule has 0 bridgehead atoms. The summed E-state index contributed by atoms with van der Waals surface area (Å²) < 4.78 is 1.48. The topological polar surface area (TPSA) is 0 Å². The first-order chi connectivity index (χ1) is 16.2. The Morgan fingerprint density at radius 3 is 0.657 bits per heavy atom. The molecule has 35 heavy (non-hydrogen) atoms. The second-order valence-electron chi connectivity index (χ2n) is 11.3.